The zero-order valence-electron chi connectivity index (χ0n) is 17.9. The average Bonchev–Trinajstić information content (AvgIpc) is 2.64. The number of cyclic esters (lactones) is 1. The minimum absolute atomic E-state index is 0.258. The maximum Gasteiger partial charge on any atom is 0.311 e. The predicted octanol–water partition coefficient (Wildman–Crippen LogP) is -0.0630. The first-order valence-electron chi connectivity index (χ1n) is 10.2. The first-order chi connectivity index (χ1) is 12.8. The maximum absolute atomic E-state index is 12.6. The monoisotopic (exact) mass is 405 g/mol. The van der Waals surface area contributed by atoms with Crippen LogP contribution in [0.4, 0.5) is 0 Å². The van der Waals surface area contributed by atoms with Crippen molar-refractivity contribution in [1.29, 1.82) is 0 Å². The third-order valence-electron chi connectivity index (χ3n) is 6.24. The van der Waals surface area contributed by atoms with Crippen LogP contribution in [0.15, 0.2) is 0 Å². The molecule has 0 unspecified atom stereocenters. The highest BCUT2D eigenvalue weighted by Crippen LogP contribution is 2.30. The van der Waals surface area contributed by atoms with Gasteiger partial charge in [0.25, 0.3) is 0 Å². The molecule has 1 heterocycles. The SMILES string of the molecule is CC[C@H]1OC(=O)[C@H](C)[C@@H](O)[C@H](C)[C@@H](O)[C@](C)(O)CCCN[C@H](C)[C@@H](O)[C@]1(C)O. The fourth-order valence-corrected chi connectivity index (χ4v) is 3.94. The number of ether oxygens (including phenoxy) is 1. The van der Waals surface area contributed by atoms with Gasteiger partial charge in [-0.15, -0.1) is 0 Å². The van der Waals surface area contributed by atoms with Crippen LogP contribution >= 0.6 is 0 Å². The van der Waals surface area contributed by atoms with E-state index in [2.05, 4.69) is 5.32 Å². The Balaban J connectivity index is 3.20. The first-order valence-corrected chi connectivity index (χ1v) is 10.2. The molecular formula is C20H39NO7. The molecule has 8 heteroatoms. The highest BCUT2D eigenvalue weighted by Gasteiger charge is 2.45. The summed E-state index contributed by atoms with van der Waals surface area (Å²) in [5.41, 5.74) is -3.15. The van der Waals surface area contributed by atoms with Gasteiger partial charge in [0.1, 0.15) is 17.8 Å². The molecule has 0 aromatic carbocycles. The van der Waals surface area contributed by atoms with E-state index in [4.69, 9.17) is 4.74 Å². The second-order valence-corrected chi connectivity index (χ2v) is 8.79. The van der Waals surface area contributed by atoms with Gasteiger partial charge in [-0.3, -0.25) is 4.79 Å². The van der Waals surface area contributed by atoms with Crippen LogP contribution in [0.3, 0.4) is 0 Å². The molecule has 1 fully saturated rings. The van der Waals surface area contributed by atoms with E-state index < -0.39 is 59.5 Å². The van der Waals surface area contributed by atoms with Crippen LogP contribution in [0.25, 0.3) is 0 Å². The fourth-order valence-electron chi connectivity index (χ4n) is 3.94. The molecule has 166 valence electrons. The van der Waals surface area contributed by atoms with Gasteiger partial charge in [-0.25, -0.2) is 0 Å². The standard InChI is InChI=1S/C20H39NO7/c1-7-14-20(6,27)17(24)13(4)21-10-8-9-19(5,26)16(23)11(2)15(22)12(3)18(25)28-14/h11-17,21-24,26-27H,7-10H2,1-6H3/t11-,12+,13+,14+,15-,16+,17+,19+,20+/m0/s1. The Morgan fingerprint density at radius 3 is 2.21 bits per heavy atom. The van der Waals surface area contributed by atoms with Crippen molar-refractivity contribution in [1.82, 2.24) is 5.32 Å². The van der Waals surface area contributed by atoms with Crippen molar-refractivity contribution in [3.63, 3.8) is 0 Å². The van der Waals surface area contributed by atoms with Gasteiger partial charge in [0, 0.05) is 12.0 Å². The Bertz CT molecular complexity index is 511. The van der Waals surface area contributed by atoms with Gasteiger partial charge in [0.15, 0.2) is 0 Å². The van der Waals surface area contributed by atoms with Gasteiger partial charge in [-0.05, 0) is 53.5 Å². The van der Waals surface area contributed by atoms with Crippen LogP contribution in [0.2, 0.25) is 0 Å². The number of nitrogens with one attached hydrogen (secondary N) is 1. The number of hydrogen-bond acceptors (Lipinski definition) is 8. The predicted molar refractivity (Wildman–Crippen MR) is 104 cm³/mol. The van der Waals surface area contributed by atoms with E-state index in [1.54, 1.807) is 20.8 Å². The molecule has 0 aliphatic carbocycles. The normalized spacial score (nSPS) is 47.7. The van der Waals surface area contributed by atoms with Crippen LogP contribution in [0, 0.1) is 11.8 Å². The van der Waals surface area contributed by atoms with Crippen molar-refractivity contribution in [2.75, 3.05) is 6.54 Å². The van der Waals surface area contributed by atoms with Gasteiger partial charge in [0.05, 0.1) is 23.7 Å². The van der Waals surface area contributed by atoms with E-state index in [1.807, 2.05) is 0 Å². The molecule has 1 saturated heterocycles. The Hall–Kier alpha value is -0.770. The molecule has 1 rings (SSSR count). The molecular weight excluding hydrogens is 366 g/mol. The van der Waals surface area contributed by atoms with Crippen LogP contribution in [-0.4, -0.2) is 79.7 Å². The Morgan fingerprint density at radius 1 is 1.11 bits per heavy atom. The summed E-state index contributed by atoms with van der Waals surface area (Å²) in [6.07, 6.45) is -3.62. The number of hydrogen-bond donors (Lipinski definition) is 6. The molecule has 0 bridgehead atoms. The lowest BCUT2D eigenvalue weighted by molar-refractivity contribution is -0.190. The Kier molecular flexibility index (Phi) is 8.86. The summed E-state index contributed by atoms with van der Waals surface area (Å²) in [5, 5.41) is 56.4. The van der Waals surface area contributed by atoms with Gasteiger partial charge >= 0.3 is 5.97 Å². The fraction of sp³-hybridized carbons (Fsp3) is 0.950. The summed E-state index contributed by atoms with van der Waals surface area (Å²) < 4.78 is 5.45. The van der Waals surface area contributed by atoms with Crippen molar-refractivity contribution in [3.8, 4) is 0 Å². The molecule has 6 N–H and O–H groups in total. The topological polar surface area (TPSA) is 139 Å². The van der Waals surface area contributed by atoms with E-state index in [1.165, 1.54) is 20.8 Å². The second kappa shape index (κ2) is 9.82. The van der Waals surface area contributed by atoms with Gasteiger partial charge in [-0.2, -0.15) is 0 Å². The van der Waals surface area contributed by atoms with E-state index >= 15 is 0 Å². The highest BCUT2D eigenvalue weighted by atomic mass is 16.6. The molecule has 28 heavy (non-hydrogen) atoms. The summed E-state index contributed by atoms with van der Waals surface area (Å²) >= 11 is 0. The molecule has 1 aliphatic rings. The Labute approximate surface area is 167 Å². The average molecular weight is 406 g/mol. The van der Waals surface area contributed by atoms with E-state index in [0.29, 0.717) is 13.0 Å². The minimum atomic E-state index is -1.70. The zero-order valence-corrected chi connectivity index (χ0v) is 17.9. The summed E-state index contributed by atoms with van der Waals surface area (Å²) in [7, 11) is 0. The van der Waals surface area contributed by atoms with Crippen molar-refractivity contribution in [3.05, 3.63) is 0 Å². The van der Waals surface area contributed by atoms with Crippen LogP contribution in [0.1, 0.15) is 60.8 Å². The number of aliphatic hydroxyl groups excluding tert-OH is 3. The Morgan fingerprint density at radius 2 is 1.68 bits per heavy atom. The van der Waals surface area contributed by atoms with Gasteiger partial charge in [0.2, 0.25) is 0 Å². The zero-order chi connectivity index (χ0) is 21.9. The highest BCUT2D eigenvalue weighted by molar-refractivity contribution is 5.73. The number of aliphatic hydroxyl groups is 5. The largest absolute Gasteiger partial charge is 0.459 e. The summed E-state index contributed by atoms with van der Waals surface area (Å²) in [4.78, 5) is 12.6. The van der Waals surface area contributed by atoms with Crippen molar-refractivity contribution >= 4 is 5.97 Å². The van der Waals surface area contributed by atoms with E-state index in [0.717, 1.165) is 0 Å². The van der Waals surface area contributed by atoms with Crippen molar-refractivity contribution in [2.45, 2.75) is 102 Å². The summed E-state index contributed by atoms with van der Waals surface area (Å²) in [6.45, 7) is 9.87. The number of esters is 1. The molecule has 0 amide bonds. The molecule has 0 saturated carbocycles. The van der Waals surface area contributed by atoms with E-state index in [9.17, 15) is 30.3 Å². The third kappa shape index (κ3) is 5.64. The molecule has 9 atom stereocenters. The lowest BCUT2D eigenvalue weighted by Gasteiger charge is -2.39. The summed E-state index contributed by atoms with van der Waals surface area (Å²) in [5.74, 6) is -2.50. The van der Waals surface area contributed by atoms with Gasteiger partial charge in [-0.1, -0.05) is 13.8 Å². The van der Waals surface area contributed by atoms with Gasteiger partial charge < -0.3 is 35.6 Å². The van der Waals surface area contributed by atoms with Crippen LogP contribution < -0.4 is 5.32 Å². The smallest absolute Gasteiger partial charge is 0.311 e. The third-order valence-corrected chi connectivity index (χ3v) is 6.24. The maximum atomic E-state index is 12.6. The second-order valence-electron chi connectivity index (χ2n) is 8.79. The lowest BCUT2D eigenvalue weighted by Crippen LogP contribution is -2.58. The number of carbonyl (C=O) groups excluding carboxylic acids is 1. The van der Waals surface area contributed by atoms with Crippen molar-refractivity contribution in [2.24, 2.45) is 11.8 Å². The molecule has 0 aromatic rings. The molecule has 8 nitrogen and oxygen atoms in total. The number of rotatable bonds is 1. The summed E-state index contributed by atoms with van der Waals surface area (Å²) in [6, 6.07) is -0.496. The first kappa shape index (κ1) is 25.3. The molecule has 0 aromatic heterocycles. The van der Waals surface area contributed by atoms with Crippen molar-refractivity contribution < 1.29 is 35.1 Å². The minimum Gasteiger partial charge on any atom is -0.459 e. The van der Waals surface area contributed by atoms with Crippen LogP contribution in [-0.2, 0) is 9.53 Å². The lowest BCUT2D eigenvalue weighted by atomic mass is 9.80. The molecule has 0 spiro atoms. The molecule has 0 radical (unpaired) electrons. The molecule has 1 aliphatic heterocycles. The van der Waals surface area contributed by atoms with E-state index in [-0.39, 0.29) is 12.8 Å². The van der Waals surface area contributed by atoms with Crippen LogP contribution in [0.5, 0.6) is 0 Å². The number of carbonyl (C=O) groups is 1. The quantitative estimate of drug-likeness (QED) is 0.334.